The van der Waals surface area contributed by atoms with Crippen LogP contribution in [0, 0.1) is 0 Å². The summed E-state index contributed by atoms with van der Waals surface area (Å²) in [4.78, 5) is 18.8. The lowest BCUT2D eigenvalue weighted by atomic mass is 10.2. The Morgan fingerprint density at radius 1 is 1.19 bits per heavy atom. The molecule has 0 saturated heterocycles. The Labute approximate surface area is 157 Å². The summed E-state index contributed by atoms with van der Waals surface area (Å²) in [5.41, 5.74) is 2.53. The van der Waals surface area contributed by atoms with Gasteiger partial charge < -0.3 is 9.64 Å². The number of thiazole rings is 1. The Morgan fingerprint density at radius 2 is 1.92 bits per heavy atom. The Hall–Kier alpha value is -2.92. The summed E-state index contributed by atoms with van der Waals surface area (Å²) in [6, 6.07) is 17.6. The van der Waals surface area contributed by atoms with Crippen molar-refractivity contribution >= 4 is 17.2 Å². The molecule has 4 nitrogen and oxygen atoms in total. The highest BCUT2D eigenvalue weighted by atomic mass is 32.1. The molecule has 0 fully saturated rings. The lowest BCUT2D eigenvalue weighted by molar-refractivity contribution is 0.0780. The van der Waals surface area contributed by atoms with Crippen molar-refractivity contribution in [2.75, 3.05) is 13.7 Å². The second-order valence-electron chi connectivity index (χ2n) is 5.81. The summed E-state index contributed by atoms with van der Waals surface area (Å²) in [5, 5.41) is 2.67. The fourth-order valence-corrected chi connectivity index (χ4v) is 3.27. The van der Waals surface area contributed by atoms with Crippen molar-refractivity contribution in [3.63, 3.8) is 0 Å². The van der Waals surface area contributed by atoms with E-state index in [9.17, 15) is 4.79 Å². The van der Waals surface area contributed by atoms with E-state index < -0.39 is 0 Å². The van der Waals surface area contributed by atoms with Gasteiger partial charge in [0.1, 0.15) is 23.1 Å². The van der Waals surface area contributed by atoms with Crippen LogP contribution in [0.25, 0.3) is 10.6 Å². The molecule has 5 heteroatoms. The van der Waals surface area contributed by atoms with Gasteiger partial charge in [-0.25, -0.2) is 4.98 Å². The zero-order valence-corrected chi connectivity index (χ0v) is 15.4. The van der Waals surface area contributed by atoms with E-state index in [-0.39, 0.29) is 5.91 Å². The minimum Gasteiger partial charge on any atom is -0.490 e. The second-order valence-corrected chi connectivity index (χ2v) is 6.67. The average molecular weight is 364 g/mol. The third-order valence-corrected chi connectivity index (χ3v) is 4.69. The molecule has 0 spiro atoms. The molecule has 26 heavy (non-hydrogen) atoms. The number of carbonyl (C=O) groups excluding carboxylic acids is 1. The molecule has 1 heterocycles. The van der Waals surface area contributed by atoms with Gasteiger partial charge in [-0.05, 0) is 17.7 Å². The standard InChI is InChI=1S/C21H20N2O2S/c1-3-13-25-18-11-9-16(10-12-18)14-23(2)21(24)19-15-26-20(22-19)17-7-5-4-6-8-17/h3-12,15H,1,13-14H2,2H3. The van der Waals surface area contributed by atoms with Crippen LogP contribution < -0.4 is 4.74 Å². The molecule has 0 aliphatic carbocycles. The molecule has 0 bridgehead atoms. The number of hydrogen-bond donors (Lipinski definition) is 0. The van der Waals surface area contributed by atoms with Gasteiger partial charge in [-0.15, -0.1) is 11.3 Å². The van der Waals surface area contributed by atoms with E-state index in [1.165, 1.54) is 11.3 Å². The fraction of sp³-hybridized carbons (Fsp3) is 0.143. The zero-order chi connectivity index (χ0) is 18.4. The van der Waals surface area contributed by atoms with Gasteiger partial charge in [0.2, 0.25) is 0 Å². The van der Waals surface area contributed by atoms with Gasteiger partial charge in [0.15, 0.2) is 0 Å². The summed E-state index contributed by atoms with van der Waals surface area (Å²) >= 11 is 1.48. The first kappa shape index (κ1) is 17.9. The van der Waals surface area contributed by atoms with Crippen molar-refractivity contribution in [3.05, 3.63) is 83.9 Å². The molecule has 0 radical (unpaired) electrons. The Bertz CT molecular complexity index is 873. The topological polar surface area (TPSA) is 42.4 Å². The molecule has 1 aromatic heterocycles. The molecule has 3 rings (SSSR count). The predicted octanol–water partition coefficient (Wildman–Crippen LogP) is 4.65. The maximum absolute atomic E-state index is 12.6. The van der Waals surface area contributed by atoms with E-state index in [1.807, 2.05) is 60.0 Å². The first-order valence-electron chi connectivity index (χ1n) is 8.26. The van der Waals surface area contributed by atoms with Crippen LogP contribution in [0.2, 0.25) is 0 Å². The van der Waals surface area contributed by atoms with Crippen LogP contribution in [0.15, 0.2) is 72.6 Å². The third-order valence-electron chi connectivity index (χ3n) is 3.80. The molecular formula is C21H20N2O2S. The largest absolute Gasteiger partial charge is 0.490 e. The molecule has 0 aliphatic rings. The normalized spacial score (nSPS) is 10.3. The number of amides is 1. The summed E-state index contributed by atoms with van der Waals surface area (Å²) in [6.07, 6.45) is 1.71. The number of hydrogen-bond acceptors (Lipinski definition) is 4. The van der Waals surface area contributed by atoms with Gasteiger partial charge in [0.25, 0.3) is 5.91 Å². The molecule has 0 atom stereocenters. The molecule has 132 valence electrons. The van der Waals surface area contributed by atoms with Crippen molar-refractivity contribution in [1.82, 2.24) is 9.88 Å². The van der Waals surface area contributed by atoms with Crippen molar-refractivity contribution in [2.24, 2.45) is 0 Å². The second kappa shape index (κ2) is 8.45. The number of benzene rings is 2. The van der Waals surface area contributed by atoms with E-state index in [2.05, 4.69) is 11.6 Å². The quantitative estimate of drug-likeness (QED) is 0.573. The molecule has 1 amide bonds. The molecule has 0 unspecified atom stereocenters. The highest BCUT2D eigenvalue weighted by molar-refractivity contribution is 7.13. The van der Waals surface area contributed by atoms with E-state index in [0.29, 0.717) is 18.8 Å². The zero-order valence-electron chi connectivity index (χ0n) is 14.6. The van der Waals surface area contributed by atoms with Gasteiger partial charge in [-0.1, -0.05) is 55.1 Å². The van der Waals surface area contributed by atoms with E-state index >= 15 is 0 Å². The van der Waals surface area contributed by atoms with Crippen LogP contribution in [0.5, 0.6) is 5.75 Å². The number of rotatable bonds is 7. The van der Waals surface area contributed by atoms with E-state index in [0.717, 1.165) is 21.9 Å². The molecule has 0 saturated carbocycles. The van der Waals surface area contributed by atoms with Gasteiger partial charge in [0, 0.05) is 24.5 Å². The van der Waals surface area contributed by atoms with Crippen LogP contribution in [0.1, 0.15) is 16.1 Å². The average Bonchev–Trinajstić information content (AvgIpc) is 3.17. The summed E-state index contributed by atoms with van der Waals surface area (Å²) in [6.45, 7) is 4.62. The van der Waals surface area contributed by atoms with E-state index in [4.69, 9.17) is 4.74 Å². The van der Waals surface area contributed by atoms with Crippen LogP contribution in [-0.2, 0) is 6.54 Å². The number of nitrogens with zero attached hydrogens (tertiary/aromatic N) is 2. The highest BCUT2D eigenvalue weighted by Crippen LogP contribution is 2.24. The Balaban J connectivity index is 1.64. The molecular weight excluding hydrogens is 344 g/mol. The first-order valence-corrected chi connectivity index (χ1v) is 9.14. The van der Waals surface area contributed by atoms with Crippen molar-refractivity contribution < 1.29 is 9.53 Å². The van der Waals surface area contributed by atoms with Crippen LogP contribution in [0.3, 0.4) is 0 Å². The van der Waals surface area contributed by atoms with Crippen LogP contribution in [-0.4, -0.2) is 29.4 Å². The van der Waals surface area contributed by atoms with Crippen LogP contribution >= 0.6 is 11.3 Å². The summed E-state index contributed by atoms with van der Waals surface area (Å²) in [7, 11) is 1.78. The highest BCUT2D eigenvalue weighted by Gasteiger charge is 2.16. The van der Waals surface area contributed by atoms with Gasteiger partial charge in [0.05, 0.1) is 0 Å². The minimum absolute atomic E-state index is 0.0876. The molecule has 0 N–H and O–H groups in total. The fourth-order valence-electron chi connectivity index (χ4n) is 2.47. The van der Waals surface area contributed by atoms with Gasteiger partial charge in [-0.2, -0.15) is 0 Å². The monoisotopic (exact) mass is 364 g/mol. The minimum atomic E-state index is -0.0876. The van der Waals surface area contributed by atoms with Crippen LogP contribution in [0.4, 0.5) is 0 Å². The number of ether oxygens (including phenoxy) is 1. The summed E-state index contributed by atoms with van der Waals surface area (Å²) < 4.78 is 5.47. The third kappa shape index (κ3) is 4.37. The van der Waals surface area contributed by atoms with Crippen molar-refractivity contribution in [1.29, 1.82) is 0 Å². The Kier molecular flexibility index (Phi) is 5.81. The Morgan fingerprint density at radius 3 is 2.62 bits per heavy atom. The first-order chi connectivity index (χ1) is 12.7. The SMILES string of the molecule is C=CCOc1ccc(CN(C)C(=O)c2csc(-c3ccccc3)n2)cc1. The van der Waals surface area contributed by atoms with Gasteiger partial charge >= 0.3 is 0 Å². The predicted molar refractivity (Wildman–Crippen MR) is 105 cm³/mol. The number of carbonyl (C=O) groups is 1. The molecule has 0 aliphatic heterocycles. The number of aromatic nitrogens is 1. The van der Waals surface area contributed by atoms with Crippen molar-refractivity contribution in [3.8, 4) is 16.3 Å². The van der Waals surface area contributed by atoms with Crippen molar-refractivity contribution in [2.45, 2.75) is 6.54 Å². The lowest BCUT2D eigenvalue weighted by Crippen LogP contribution is -2.26. The molecule has 2 aromatic carbocycles. The summed E-state index contributed by atoms with van der Waals surface area (Å²) in [5.74, 6) is 0.699. The lowest BCUT2D eigenvalue weighted by Gasteiger charge is -2.16. The maximum Gasteiger partial charge on any atom is 0.273 e. The molecule has 3 aromatic rings. The smallest absolute Gasteiger partial charge is 0.273 e. The van der Waals surface area contributed by atoms with Gasteiger partial charge in [-0.3, -0.25) is 4.79 Å². The maximum atomic E-state index is 12.6. The van der Waals surface area contributed by atoms with E-state index in [1.54, 1.807) is 18.0 Å².